The van der Waals surface area contributed by atoms with Crippen molar-refractivity contribution in [3.8, 4) is 11.5 Å². The van der Waals surface area contributed by atoms with Gasteiger partial charge in [-0.3, -0.25) is 4.79 Å². The van der Waals surface area contributed by atoms with Gasteiger partial charge < -0.3 is 9.84 Å². The van der Waals surface area contributed by atoms with Crippen molar-refractivity contribution in [2.75, 3.05) is 0 Å². The predicted molar refractivity (Wildman–Crippen MR) is 68.8 cm³/mol. The van der Waals surface area contributed by atoms with E-state index in [1.807, 2.05) is 0 Å². The maximum Gasteiger partial charge on any atom is 0.173 e. The highest BCUT2D eigenvalue weighted by Crippen LogP contribution is 2.29. The number of halogens is 1. The van der Waals surface area contributed by atoms with E-state index in [0.717, 1.165) is 0 Å². The Morgan fingerprint density at radius 3 is 2.68 bits per heavy atom. The second kappa shape index (κ2) is 5.63. The van der Waals surface area contributed by atoms with Gasteiger partial charge in [0.2, 0.25) is 0 Å². The van der Waals surface area contributed by atoms with Crippen LogP contribution in [0.15, 0.2) is 42.5 Å². The number of carbonyl (C=O) groups excluding carboxylic acids is 1. The van der Waals surface area contributed by atoms with Crippen LogP contribution in [0, 0.1) is 5.82 Å². The van der Waals surface area contributed by atoms with E-state index in [0.29, 0.717) is 11.3 Å². The van der Waals surface area contributed by atoms with Gasteiger partial charge in [-0.1, -0.05) is 18.2 Å². The molecule has 0 radical (unpaired) electrons. The third kappa shape index (κ3) is 2.98. The summed E-state index contributed by atoms with van der Waals surface area (Å²) in [5.74, 6) is -0.584. The van der Waals surface area contributed by atoms with Crippen LogP contribution < -0.4 is 4.74 Å². The number of aliphatic hydroxyl groups is 1. The lowest BCUT2D eigenvalue weighted by Gasteiger charge is -2.11. The Morgan fingerprint density at radius 2 is 2.00 bits per heavy atom. The van der Waals surface area contributed by atoms with Crippen LogP contribution in [0.5, 0.6) is 11.5 Å². The van der Waals surface area contributed by atoms with Gasteiger partial charge in [-0.05, 0) is 36.8 Å². The van der Waals surface area contributed by atoms with E-state index in [4.69, 9.17) is 9.84 Å². The normalized spacial score (nSPS) is 10.3. The van der Waals surface area contributed by atoms with E-state index in [2.05, 4.69) is 0 Å². The van der Waals surface area contributed by atoms with Crippen molar-refractivity contribution < 1.29 is 19.0 Å². The average Bonchev–Trinajstić information content (AvgIpc) is 2.41. The number of ketones is 1. The highest BCUT2D eigenvalue weighted by Gasteiger charge is 2.14. The molecule has 0 aromatic heterocycles. The van der Waals surface area contributed by atoms with E-state index in [1.54, 1.807) is 24.3 Å². The first-order chi connectivity index (χ1) is 9.11. The van der Waals surface area contributed by atoms with Gasteiger partial charge in [0, 0.05) is 0 Å². The summed E-state index contributed by atoms with van der Waals surface area (Å²) in [5, 5.41) is 9.04. The average molecular weight is 260 g/mol. The largest absolute Gasteiger partial charge is 0.454 e. The van der Waals surface area contributed by atoms with Gasteiger partial charge in [-0.25, -0.2) is 4.39 Å². The molecule has 2 aromatic carbocycles. The summed E-state index contributed by atoms with van der Waals surface area (Å²) >= 11 is 0. The van der Waals surface area contributed by atoms with Crippen LogP contribution in [-0.2, 0) is 6.61 Å². The highest BCUT2D eigenvalue weighted by molar-refractivity contribution is 5.96. The van der Waals surface area contributed by atoms with Crippen molar-refractivity contribution in [2.45, 2.75) is 13.5 Å². The molecule has 0 amide bonds. The lowest BCUT2D eigenvalue weighted by atomic mass is 10.1. The van der Waals surface area contributed by atoms with Crippen LogP contribution in [0.1, 0.15) is 22.8 Å². The second-order valence-corrected chi connectivity index (χ2v) is 4.08. The van der Waals surface area contributed by atoms with E-state index < -0.39 is 5.82 Å². The Labute approximate surface area is 110 Å². The number of carbonyl (C=O) groups is 1. The molecule has 19 heavy (non-hydrogen) atoms. The minimum absolute atomic E-state index is 0.0925. The number of hydrogen-bond donors (Lipinski definition) is 1. The van der Waals surface area contributed by atoms with Gasteiger partial charge in [0.15, 0.2) is 17.3 Å². The Bertz CT molecular complexity index is 608. The number of para-hydroxylation sites is 1. The Morgan fingerprint density at radius 1 is 1.26 bits per heavy atom. The minimum atomic E-state index is -0.595. The molecule has 0 aliphatic rings. The lowest BCUT2D eigenvalue weighted by molar-refractivity contribution is 0.101. The monoisotopic (exact) mass is 260 g/mol. The quantitative estimate of drug-likeness (QED) is 0.858. The van der Waals surface area contributed by atoms with Gasteiger partial charge >= 0.3 is 0 Å². The van der Waals surface area contributed by atoms with Crippen molar-refractivity contribution >= 4 is 5.78 Å². The maximum atomic E-state index is 13.8. The molecule has 0 bridgehead atoms. The summed E-state index contributed by atoms with van der Waals surface area (Å²) in [6, 6.07) is 10.8. The molecule has 0 saturated carbocycles. The molecule has 0 spiro atoms. The number of Topliss-reactive ketones (excluding diaryl/α,β-unsaturated/α-hetero) is 1. The summed E-state index contributed by atoms with van der Waals surface area (Å²) in [7, 11) is 0. The minimum Gasteiger partial charge on any atom is -0.454 e. The van der Waals surface area contributed by atoms with E-state index >= 15 is 0 Å². The molecule has 0 fully saturated rings. The molecule has 3 nitrogen and oxygen atoms in total. The zero-order chi connectivity index (χ0) is 13.8. The number of rotatable bonds is 4. The fraction of sp³-hybridized carbons (Fsp3) is 0.133. The SMILES string of the molecule is CC(=O)c1cccc(F)c1Oc1cccc(CO)c1. The maximum absolute atomic E-state index is 13.8. The van der Waals surface area contributed by atoms with Crippen LogP contribution in [0.3, 0.4) is 0 Å². The summed E-state index contributed by atoms with van der Waals surface area (Å²) in [5.41, 5.74) is 0.840. The summed E-state index contributed by atoms with van der Waals surface area (Å²) in [6.07, 6.45) is 0. The molecule has 1 N–H and O–H groups in total. The molecule has 2 rings (SSSR count). The van der Waals surface area contributed by atoms with Crippen LogP contribution in [-0.4, -0.2) is 10.9 Å². The molecule has 0 aliphatic carbocycles. The van der Waals surface area contributed by atoms with Gasteiger partial charge in [-0.2, -0.15) is 0 Å². The third-order valence-electron chi connectivity index (χ3n) is 2.65. The Kier molecular flexibility index (Phi) is 3.92. The smallest absolute Gasteiger partial charge is 0.173 e. The lowest BCUT2D eigenvalue weighted by Crippen LogP contribution is -1.99. The van der Waals surface area contributed by atoms with Gasteiger partial charge in [0.05, 0.1) is 12.2 Å². The Hall–Kier alpha value is -2.20. The predicted octanol–water partition coefficient (Wildman–Crippen LogP) is 3.31. The van der Waals surface area contributed by atoms with Gasteiger partial charge in [-0.15, -0.1) is 0 Å². The van der Waals surface area contributed by atoms with Gasteiger partial charge in [0.25, 0.3) is 0 Å². The number of benzene rings is 2. The van der Waals surface area contributed by atoms with E-state index in [9.17, 15) is 9.18 Å². The van der Waals surface area contributed by atoms with Crippen molar-refractivity contribution in [3.05, 3.63) is 59.4 Å². The van der Waals surface area contributed by atoms with E-state index in [-0.39, 0.29) is 23.7 Å². The zero-order valence-electron chi connectivity index (χ0n) is 10.4. The van der Waals surface area contributed by atoms with E-state index in [1.165, 1.54) is 25.1 Å². The molecule has 2 aromatic rings. The van der Waals surface area contributed by atoms with Crippen LogP contribution in [0.4, 0.5) is 4.39 Å². The van der Waals surface area contributed by atoms with Crippen LogP contribution in [0.25, 0.3) is 0 Å². The molecule has 0 atom stereocenters. The fourth-order valence-electron chi connectivity index (χ4n) is 1.71. The van der Waals surface area contributed by atoms with Gasteiger partial charge in [0.1, 0.15) is 5.75 Å². The fourth-order valence-corrected chi connectivity index (χ4v) is 1.71. The number of ether oxygens (including phenoxy) is 1. The molecule has 0 aliphatic heterocycles. The van der Waals surface area contributed by atoms with Crippen molar-refractivity contribution in [1.82, 2.24) is 0 Å². The summed E-state index contributed by atoms with van der Waals surface area (Å²) in [6.45, 7) is 1.22. The van der Waals surface area contributed by atoms with Crippen LogP contribution >= 0.6 is 0 Å². The van der Waals surface area contributed by atoms with Crippen molar-refractivity contribution in [1.29, 1.82) is 0 Å². The second-order valence-electron chi connectivity index (χ2n) is 4.08. The zero-order valence-corrected chi connectivity index (χ0v) is 10.4. The topological polar surface area (TPSA) is 46.5 Å². The molecule has 0 saturated heterocycles. The first kappa shape index (κ1) is 13.2. The molecule has 0 unspecified atom stereocenters. The van der Waals surface area contributed by atoms with Crippen molar-refractivity contribution in [3.63, 3.8) is 0 Å². The molecule has 98 valence electrons. The molecular formula is C15H13FO3. The first-order valence-corrected chi connectivity index (χ1v) is 5.79. The molecule has 4 heteroatoms. The summed E-state index contributed by atoms with van der Waals surface area (Å²) in [4.78, 5) is 11.4. The Balaban J connectivity index is 2.40. The number of hydrogen-bond acceptors (Lipinski definition) is 3. The molecular weight excluding hydrogens is 247 g/mol. The molecule has 0 heterocycles. The number of aliphatic hydroxyl groups excluding tert-OH is 1. The van der Waals surface area contributed by atoms with Crippen molar-refractivity contribution in [2.24, 2.45) is 0 Å². The van der Waals surface area contributed by atoms with Crippen LogP contribution in [0.2, 0.25) is 0 Å². The summed E-state index contributed by atoms with van der Waals surface area (Å²) < 4.78 is 19.2. The third-order valence-corrected chi connectivity index (χ3v) is 2.65. The first-order valence-electron chi connectivity index (χ1n) is 5.79. The highest BCUT2D eigenvalue weighted by atomic mass is 19.1. The standard InChI is InChI=1S/C15H13FO3/c1-10(18)13-6-3-7-14(16)15(13)19-12-5-2-4-11(8-12)9-17/h2-8,17H,9H2,1H3.